The number of benzene rings is 2. The first kappa shape index (κ1) is 22.0. The zero-order valence-corrected chi connectivity index (χ0v) is 20.4. The van der Waals surface area contributed by atoms with Crippen LogP contribution in [0.5, 0.6) is 0 Å². The van der Waals surface area contributed by atoms with Gasteiger partial charge in [-0.2, -0.15) is 5.10 Å². The molecule has 2 aromatic carbocycles. The van der Waals surface area contributed by atoms with Crippen LogP contribution in [0.25, 0.3) is 11.5 Å². The molecule has 2 aliphatic rings. The molecule has 3 heterocycles. The van der Waals surface area contributed by atoms with Gasteiger partial charge in [0.1, 0.15) is 5.82 Å². The van der Waals surface area contributed by atoms with Gasteiger partial charge in [-0.15, -0.1) is 0 Å². The van der Waals surface area contributed by atoms with E-state index in [1.165, 1.54) is 12.8 Å². The molecule has 2 aromatic heterocycles. The summed E-state index contributed by atoms with van der Waals surface area (Å²) in [6.45, 7) is 2.47. The number of hydrogen-bond donors (Lipinski definition) is 1. The molecule has 1 unspecified atom stereocenters. The highest BCUT2D eigenvalue weighted by Gasteiger charge is 2.36. The van der Waals surface area contributed by atoms with Gasteiger partial charge in [-0.25, -0.2) is 9.48 Å². The Morgan fingerprint density at radius 1 is 1.03 bits per heavy atom. The molecule has 1 atom stereocenters. The fourth-order valence-corrected chi connectivity index (χ4v) is 5.70. The third-order valence-electron chi connectivity index (χ3n) is 7.19. The Hall–Kier alpha value is -3.51. The number of hydrogen-bond acceptors (Lipinski definition) is 2. The molecule has 35 heavy (non-hydrogen) atoms. The minimum atomic E-state index is -0.291. The summed E-state index contributed by atoms with van der Waals surface area (Å²) >= 11 is 6.43. The van der Waals surface area contributed by atoms with Crippen molar-refractivity contribution >= 4 is 17.6 Å². The number of fused-ring (bicyclic) bond motifs is 3. The van der Waals surface area contributed by atoms with Crippen molar-refractivity contribution in [3.8, 4) is 11.5 Å². The molecule has 1 N–H and O–H groups in total. The molecule has 1 fully saturated rings. The van der Waals surface area contributed by atoms with E-state index in [-0.39, 0.29) is 18.1 Å². The maximum atomic E-state index is 13.9. The highest BCUT2D eigenvalue weighted by atomic mass is 35.5. The Morgan fingerprint density at radius 3 is 2.60 bits per heavy atom. The summed E-state index contributed by atoms with van der Waals surface area (Å²) in [6, 6.07) is 22.0. The van der Waals surface area contributed by atoms with Crippen LogP contribution < -0.4 is 5.32 Å². The third kappa shape index (κ3) is 3.92. The largest absolute Gasteiger partial charge is 0.335 e. The number of carbonyl (C=O) groups is 1. The summed E-state index contributed by atoms with van der Waals surface area (Å²) in [5.74, 6) is 0.969. The van der Waals surface area contributed by atoms with E-state index >= 15 is 0 Å². The zero-order valence-electron chi connectivity index (χ0n) is 19.7. The van der Waals surface area contributed by atoms with Gasteiger partial charge in [-0.1, -0.05) is 54.8 Å². The summed E-state index contributed by atoms with van der Waals surface area (Å²) < 4.78 is 4.17. The van der Waals surface area contributed by atoms with Gasteiger partial charge in [0.2, 0.25) is 0 Å². The summed E-state index contributed by atoms with van der Waals surface area (Å²) in [7, 11) is 0. The molecule has 6 rings (SSSR count). The number of amides is 2. The van der Waals surface area contributed by atoms with Gasteiger partial charge in [-0.05, 0) is 61.7 Å². The van der Waals surface area contributed by atoms with Gasteiger partial charge >= 0.3 is 6.03 Å². The van der Waals surface area contributed by atoms with Gasteiger partial charge in [0, 0.05) is 22.8 Å². The molecule has 4 aromatic rings. The predicted octanol–water partition coefficient (Wildman–Crippen LogP) is 6.18. The van der Waals surface area contributed by atoms with Crippen LogP contribution in [0.15, 0.2) is 72.9 Å². The number of rotatable bonds is 3. The summed E-state index contributed by atoms with van der Waals surface area (Å²) in [5, 5.41) is 8.89. The van der Waals surface area contributed by atoms with Gasteiger partial charge < -0.3 is 14.8 Å². The van der Waals surface area contributed by atoms with Crippen molar-refractivity contribution in [2.24, 2.45) is 0 Å². The number of nitrogens with one attached hydrogen (secondary N) is 1. The maximum Gasteiger partial charge on any atom is 0.318 e. The van der Waals surface area contributed by atoms with Gasteiger partial charge in [0.05, 0.1) is 29.7 Å². The lowest BCUT2D eigenvalue weighted by atomic mass is 10.0. The number of aryl methyl sites for hydroxylation is 1. The van der Waals surface area contributed by atoms with Gasteiger partial charge in [0.25, 0.3) is 0 Å². The van der Waals surface area contributed by atoms with Crippen LogP contribution in [0.2, 0.25) is 5.02 Å². The van der Waals surface area contributed by atoms with E-state index in [0.717, 1.165) is 46.9 Å². The molecule has 178 valence electrons. The van der Waals surface area contributed by atoms with Crippen LogP contribution in [0.1, 0.15) is 54.2 Å². The molecule has 0 saturated heterocycles. The molecule has 2 amide bonds. The van der Waals surface area contributed by atoms with E-state index in [4.69, 9.17) is 16.7 Å². The Labute approximate surface area is 210 Å². The number of para-hydroxylation sites is 1. The van der Waals surface area contributed by atoms with Crippen molar-refractivity contribution in [2.45, 2.75) is 51.2 Å². The second kappa shape index (κ2) is 8.93. The van der Waals surface area contributed by atoms with E-state index < -0.39 is 0 Å². The molecular formula is C28H28ClN5O. The van der Waals surface area contributed by atoms with Crippen LogP contribution >= 0.6 is 11.6 Å². The van der Waals surface area contributed by atoms with Crippen LogP contribution in [0, 0.1) is 6.92 Å². The second-order valence-corrected chi connectivity index (χ2v) is 9.89. The molecule has 1 aliphatic heterocycles. The van der Waals surface area contributed by atoms with Crippen LogP contribution in [-0.2, 0) is 6.54 Å². The predicted molar refractivity (Wildman–Crippen MR) is 137 cm³/mol. The average molecular weight is 486 g/mol. The summed E-state index contributed by atoms with van der Waals surface area (Å²) in [5.41, 5.74) is 4.93. The summed E-state index contributed by atoms with van der Waals surface area (Å²) in [6.07, 6.45) is 6.46. The first-order valence-electron chi connectivity index (χ1n) is 12.2. The zero-order chi connectivity index (χ0) is 23.9. The Bertz CT molecular complexity index is 1370. The Morgan fingerprint density at radius 2 is 1.83 bits per heavy atom. The lowest BCUT2D eigenvalue weighted by Gasteiger charge is -2.32. The van der Waals surface area contributed by atoms with E-state index in [1.807, 2.05) is 59.0 Å². The quantitative estimate of drug-likeness (QED) is 0.376. The van der Waals surface area contributed by atoms with E-state index in [0.29, 0.717) is 11.6 Å². The highest BCUT2D eigenvalue weighted by molar-refractivity contribution is 6.30. The van der Waals surface area contributed by atoms with Crippen LogP contribution in [0.3, 0.4) is 0 Å². The molecule has 6 nitrogen and oxygen atoms in total. The smallest absolute Gasteiger partial charge is 0.318 e. The fourth-order valence-electron chi connectivity index (χ4n) is 5.50. The number of halogens is 1. The minimum absolute atomic E-state index is 0.0469. The minimum Gasteiger partial charge on any atom is -0.335 e. The third-order valence-corrected chi connectivity index (χ3v) is 7.43. The Kier molecular flexibility index (Phi) is 5.61. The first-order chi connectivity index (χ1) is 17.1. The topological polar surface area (TPSA) is 55.1 Å². The van der Waals surface area contributed by atoms with E-state index in [9.17, 15) is 4.79 Å². The van der Waals surface area contributed by atoms with Crippen molar-refractivity contribution in [1.29, 1.82) is 0 Å². The molecule has 7 heteroatoms. The molecule has 1 saturated carbocycles. The van der Waals surface area contributed by atoms with Crippen LogP contribution in [0.4, 0.5) is 4.79 Å². The Balaban J connectivity index is 1.53. The molecule has 0 spiro atoms. The highest BCUT2D eigenvalue weighted by Crippen LogP contribution is 2.39. The van der Waals surface area contributed by atoms with E-state index in [2.05, 4.69) is 40.3 Å². The number of carbonyl (C=O) groups excluding carboxylic acids is 1. The fraction of sp³-hybridized carbons (Fsp3) is 0.286. The average Bonchev–Trinajstić information content (AvgIpc) is 3.59. The number of aromatic nitrogens is 3. The van der Waals surface area contributed by atoms with Gasteiger partial charge in [0.15, 0.2) is 0 Å². The van der Waals surface area contributed by atoms with E-state index in [1.54, 1.807) is 0 Å². The molecule has 1 aliphatic carbocycles. The SMILES string of the molecule is Cc1nn(-c2ccccc2)c2c1CN(C(=O)NC1CCCC1)C(c1cccc(Cl)c1)c1cccn1-2. The van der Waals surface area contributed by atoms with Crippen molar-refractivity contribution in [2.75, 3.05) is 0 Å². The number of urea groups is 1. The maximum absolute atomic E-state index is 13.9. The number of nitrogens with zero attached hydrogens (tertiary/aromatic N) is 4. The second-order valence-electron chi connectivity index (χ2n) is 9.45. The molecule has 0 bridgehead atoms. The lowest BCUT2D eigenvalue weighted by Crippen LogP contribution is -2.45. The van der Waals surface area contributed by atoms with Crippen molar-refractivity contribution < 1.29 is 4.79 Å². The standard InChI is InChI=1S/C28H28ClN5O/c1-19-24-18-33(28(35)30-22-11-5-6-12-22)26(20-9-7-10-21(29)17-20)25-15-8-16-32(25)27(24)34(31-19)23-13-3-2-4-14-23/h2-4,7-10,13-17,22,26H,5-6,11-12,18H2,1H3,(H,30,35). The molecular weight excluding hydrogens is 458 g/mol. The normalized spacial score (nSPS) is 17.7. The monoisotopic (exact) mass is 485 g/mol. The summed E-state index contributed by atoms with van der Waals surface area (Å²) in [4.78, 5) is 15.8. The van der Waals surface area contributed by atoms with Crippen molar-refractivity contribution in [3.63, 3.8) is 0 Å². The van der Waals surface area contributed by atoms with Gasteiger partial charge in [-0.3, -0.25) is 0 Å². The molecule has 0 radical (unpaired) electrons. The van der Waals surface area contributed by atoms with Crippen LogP contribution in [-0.4, -0.2) is 31.3 Å². The van der Waals surface area contributed by atoms with Crippen molar-refractivity contribution in [3.05, 3.63) is 100 Å². The lowest BCUT2D eigenvalue weighted by molar-refractivity contribution is 0.176. The van der Waals surface area contributed by atoms with Crippen molar-refractivity contribution in [1.82, 2.24) is 24.6 Å². The first-order valence-corrected chi connectivity index (χ1v) is 12.6.